The first-order valence-electron chi connectivity index (χ1n) is 10.5. The van der Waals surface area contributed by atoms with Crippen molar-refractivity contribution in [3.8, 4) is 17.0 Å². The molecule has 0 aliphatic rings. The molecule has 0 aliphatic carbocycles. The minimum Gasteiger partial charge on any atom is -0.494 e. The van der Waals surface area contributed by atoms with Gasteiger partial charge in [-0.3, -0.25) is 4.79 Å². The molecule has 32 heavy (non-hydrogen) atoms. The van der Waals surface area contributed by atoms with Crippen LogP contribution in [0.3, 0.4) is 0 Å². The van der Waals surface area contributed by atoms with Gasteiger partial charge in [-0.05, 0) is 55.3 Å². The predicted octanol–water partition coefficient (Wildman–Crippen LogP) is 6.70. The van der Waals surface area contributed by atoms with Crippen LogP contribution in [0.1, 0.15) is 23.1 Å². The lowest BCUT2D eigenvalue weighted by atomic mass is 10.0. The predicted molar refractivity (Wildman–Crippen MR) is 133 cm³/mol. The van der Waals surface area contributed by atoms with Gasteiger partial charge in [0.25, 0.3) is 5.91 Å². The van der Waals surface area contributed by atoms with Gasteiger partial charge < -0.3 is 10.1 Å². The number of aromatic nitrogens is 1. The molecule has 0 radical (unpaired) electrons. The smallest absolute Gasteiger partial charge is 0.256 e. The highest BCUT2D eigenvalue weighted by molar-refractivity contribution is 7.09. The van der Waals surface area contributed by atoms with Crippen LogP contribution in [-0.4, -0.2) is 17.5 Å². The molecular weight excluding hydrogens is 416 g/mol. The van der Waals surface area contributed by atoms with E-state index in [0.717, 1.165) is 38.8 Å². The van der Waals surface area contributed by atoms with Gasteiger partial charge in [0.1, 0.15) is 5.75 Å². The van der Waals surface area contributed by atoms with Gasteiger partial charge in [0.05, 0.1) is 17.3 Å². The third kappa shape index (κ3) is 5.31. The Morgan fingerprint density at radius 2 is 1.72 bits per heavy atom. The van der Waals surface area contributed by atoms with Crippen molar-refractivity contribution >= 4 is 34.6 Å². The van der Waals surface area contributed by atoms with E-state index in [1.54, 1.807) is 11.3 Å². The second-order valence-corrected chi connectivity index (χ2v) is 8.27. The quantitative estimate of drug-likeness (QED) is 0.257. The standard InChI is InChI=1S/C27H24N2O2S/c1-3-31-24-15-9-20(10-16-24)17-25(21-7-5-4-6-8-21)27(30)29-23-13-11-22(12-14-23)26-18-32-19(2)28-26/h4-18H,3H2,1-2H3,(H,29,30)/b25-17+. The molecule has 0 bridgehead atoms. The lowest BCUT2D eigenvalue weighted by Gasteiger charge is -2.11. The SMILES string of the molecule is CCOc1ccc(/C=C(/C(=O)Nc2ccc(-c3csc(C)n3)cc2)c2ccccc2)cc1. The molecule has 4 nitrogen and oxygen atoms in total. The normalized spacial score (nSPS) is 11.2. The summed E-state index contributed by atoms with van der Waals surface area (Å²) in [5, 5.41) is 6.10. The van der Waals surface area contributed by atoms with Gasteiger partial charge in [-0.25, -0.2) is 4.98 Å². The number of amides is 1. The van der Waals surface area contributed by atoms with Gasteiger partial charge in [0.15, 0.2) is 0 Å². The van der Waals surface area contributed by atoms with Gasteiger partial charge in [-0.2, -0.15) is 0 Å². The molecule has 4 rings (SSSR count). The second kappa shape index (κ2) is 10.1. The zero-order valence-electron chi connectivity index (χ0n) is 18.0. The highest BCUT2D eigenvalue weighted by Gasteiger charge is 2.13. The minimum atomic E-state index is -0.165. The largest absolute Gasteiger partial charge is 0.494 e. The number of thiazole rings is 1. The molecule has 3 aromatic carbocycles. The molecule has 1 aromatic heterocycles. The van der Waals surface area contributed by atoms with Crippen molar-refractivity contribution in [2.24, 2.45) is 0 Å². The molecule has 0 saturated carbocycles. The van der Waals surface area contributed by atoms with Crippen LogP contribution in [0.5, 0.6) is 5.75 Å². The Morgan fingerprint density at radius 3 is 2.34 bits per heavy atom. The highest BCUT2D eigenvalue weighted by atomic mass is 32.1. The molecule has 5 heteroatoms. The summed E-state index contributed by atoms with van der Waals surface area (Å²) < 4.78 is 5.52. The van der Waals surface area contributed by atoms with Crippen molar-refractivity contribution in [1.29, 1.82) is 0 Å². The van der Waals surface area contributed by atoms with Crippen molar-refractivity contribution < 1.29 is 9.53 Å². The molecule has 0 saturated heterocycles. The Morgan fingerprint density at radius 1 is 1.00 bits per heavy atom. The number of nitrogens with one attached hydrogen (secondary N) is 1. The molecule has 0 aliphatic heterocycles. The molecule has 0 unspecified atom stereocenters. The third-order valence-corrected chi connectivity index (χ3v) is 5.66. The summed E-state index contributed by atoms with van der Waals surface area (Å²) in [7, 11) is 0. The summed E-state index contributed by atoms with van der Waals surface area (Å²) in [5.74, 6) is 0.646. The Hall–Kier alpha value is -3.70. The zero-order chi connectivity index (χ0) is 22.3. The fourth-order valence-electron chi connectivity index (χ4n) is 3.31. The number of rotatable bonds is 7. The Kier molecular flexibility index (Phi) is 6.78. The van der Waals surface area contributed by atoms with Crippen molar-refractivity contribution in [2.45, 2.75) is 13.8 Å². The van der Waals surface area contributed by atoms with Gasteiger partial charge in [-0.1, -0.05) is 54.6 Å². The lowest BCUT2D eigenvalue weighted by molar-refractivity contribution is -0.111. The number of hydrogen-bond donors (Lipinski definition) is 1. The number of carbonyl (C=O) groups is 1. The van der Waals surface area contributed by atoms with E-state index in [0.29, 0.717) is 12.2 Å². The van der Waals surface area contributed by atoms with Crippen LogP contribution in [-0.2, 0) is 4.79 Å². The van der Waals surface area contributed by atoms with Crippen LogP contribution in [0, 0.1) is 6.92 Å². The number of aryl methyl sites for hydroxylation is 1. The number of benzene rings is 3. The third-order valence-electron chi connectivity index (χ3n) is 4.89. The minimum absolute atomic E-state index is 0.165. The van der Waals surface area contributed by atoms with Crippen molar-refractivity contribution in [1.82, 2.24) is 4.98 Å². The molecule has 0 fully saturated rings. The Balaban J connectivity index is 1.58. The monoisotopic (exact) mass is 440 g/mol. The maximum atomic E-state index is 13.2. The highest BCUT2D eigenvalue weighted by Crippen LogP contribution is 2.25. The number of ether oxygens (including phenoxy) is 1. The zero-order valence-corrected chi connectivity index (χ0v) is 18.9. The number of carbonyl (C=O) groups excluding carboxylic acids is 1. The van der Waals surface area contributed by atoms with Crippen LogP contribution >= 0.6 is 11.3 Å². The molecule has 0 atom stereocenters. The Labute approximate surface area is 192 Å². The van der Waals surface area contributed by atoms with Gasteiger partial charge >= 0.3 is 0 Å². The van der Waals surface area contributed by atoms with E-state index in [1.165, 1.54) is 0 Å². The van der Waals surface area contributed by atoms with Crippen molar-refractivity contribution in [3.63, 3.8) is 0 Å². The summed E-state index contributed by atoms with van der Waals surface area (Å²) >= 11 is 1.62. The van der Waals surface area contributed by atoms with Crippen molar-refractivity contribution in [3.05, 3.63) is 100 Å². The summed E-state index contributed by atoms with van der Waals surface area (Å²) in [6.45, 7) is 4.56. The lowest BCUT2D eigenvalue weighted by Crippen LogP contribution is -2.13. The maximum absolute atomic E-state index is 13.2. The van der Waals surface area contributed by atoms with Gasteiger partial charge in [0.2, 0.25) is 0 Å². The van der Waals surface area contributed by atoms with Gasteiger partial charge in [-0.15, -0.1) is 11.3 Å². The molecule has 1 N–H and O–H groups in total. The van der Waals surface area contributed by atoms with E-state index < -0.39 is 0 Å². The fourth-order valence-corrected chi connectivity index (χ4v) is 3.93. The molecule has 1 heterocycles. The summed E-state index contributed by atoms with van der Waals surface area (Å²) in [4.78, 5) is 17.7. The van der Waals surface area contributed by atoms with Crippen LogP contribution in [0.25, 0.3) is 22.9 Å². The van der Waals surface area contributed by atoms with Crippen LogP contribution in [0.4, 0.5) is 5.69 Å². The van der Waals surface area contributed by atoms with E-state index >= 15 is 0 Å². The molecule has 4 aromatic rings. The first-order valence-corrected chi connectivity index (χ1v) is 11.3. The molecule has 160 valence electrons. The van der Waals surface area contributed by atoms with Crippen LogP contribution < -0.4 is 10.1 Å². The molecular formula is C27H24N2O2S. The van der Waals surface area contributed by atoms with E-state index in [1.807, 2.05) is 104 Å². The summed E-state index contributed by atoms with van der Waals surface area (Å²) in [6, 6.07) is 25.2. The number of nitrogens with zero attached hydrogens (tertiary/aromatic N) is 1. The first-order chi connectivity index (χ1) is 15.6. The Bertz CT molecular complexity index is 1210. The summed E-state index contributed by atoms with van der Waals surface area (Å²) in [6.07, 6.45) is 1.90. The average Bonchev–Trinajstić information content (AvgIpc) is 3.26. The van der Waals surface area contributed by atoms with Crippen molar-refractivity contribution in [2.75, 3.05) is 11.9 Å². The van der Waals surface area contributed by atoms with Crippen LogP contribution in [0.2, 0.25) is 0 Å². The second-order valence-electron chi connectivity index (χ2n) is 7.21. The van der Waals surface area contributed by atoms with E-state index in [2.05, 4.69) is 10.3 Å². The fraction of sp³-hybridized carbons (Fsp3) is 0.111. The number of anilines is 1. The van der Waals surface area contributed by atoms with E-state index in [9.17, 15) is 4.79 Å². The van der Waals surface area contributed by atoms with E-state index in [4.69, 9.17) is 4.74 Å². The molecule has 0 spiro atoms. The topological polar surface area (TPSA) is 51.2 Å². The number of hydrogen-bond acceptors (Lipinski definition) is 4. The average molecular weight is 441 g/mol. The first kappa shape index (κ1) is 21.5. The maximum Gasteiger partial charge on any atom is 0.256 e. The van der Waals surface area contributed by atoms with Crippen LogP contribution in [0.15, 0.2) is 84.2 Å². The summed E-state index contributed by atoms with van der Waals surface area (Å²) in [5.41, 5.74) is 5.09. The van der Waals surface area contributed by atoms with E-state index in [-0.39, 0.29) is 5.91 Å². The molecule has 1 amide bonds. The van der Waals surface area contributed by atoms with Gasteiger partial charge in [0, 0.05) is 22.2 Å².